The summed E-state index contributed by atoms with van der Waals surface area (Å²) in [5.41, 5.74) is 7.09. The van der Waals surface area contributed by atoms with Gasteiger partial charge >= 0.3 is 0 Å². The van der Waals surface area contributed by atoms with E-state index in [0.717, 1.165) is 5.56 Å². The van der Waals surface area contributed by atoms with Crippen LogP contribution in [-0.2, 0) is 13.2 Å². The van der Waals surface area contributed by atoms with E-state index in [1.54, 1.807) is 25.3 Å². The van der Waals surface area contributed by atoms with E-state index in [1.807, 2.05) is 12.1 Å². The Balaban J connectivity index is 2.16. The van der Waals surface area contributed by atoms with Gasteiger partial charge in [0.25, 0.3) is 0 Å². The number of nitrogens with two attached hydrogens (primary N) is 1. The monoisotopic (exact) mass is 295 g/mol. The summed E-state index contributed by atoms with van der Waals surface area (Å²) < 4.78 is 24.2. The number of rotatable bonds is 5. The maximum atomic E-state index is 13.3. The summed E-state index contributed by atoms with van der Waals surface area (Å²) in [5, 5.41) is 0.0741. The smallest absolute Gasteiger partial charge is 0.161 e. The molecule has 0 unspecified atom stereocenters. The highest BCUT2D eigenvalue weighted by atomic mass is 35.5. The van der Waals surface area contributed by atoms with Crippen LogP contribution in [0, 0.1) is 5.82 Å². The fraction of sp³-hybridized carbons (Fsp3) is 0.200. The first-order chi connectivity index (χ1) is 9.65. The molecule has 0 radical (unpaired) electrons. The molecule has 2 aromatic rings. The van der Waals surface area contributed by atoms with E-state index in [0.29, 0.717) is 23.6 Å². The van der Waals surface area contributed by atoms with E-state index in [-0.39, 0.29) is 11.6 Å². The van der Waals surface area contributed by atoms with Crippen LogP contribution in [-0.4, -0.2) is 7.11 Å². The van der Waals surface area contributed by atoms with Crippen LogP contribution in [0.2, 0.25) is 5.02 Å². The maximum absolute atomic E-state index is 13.3. The molecule has 0 aliphatic rings. The summed E-state index contributed by atoms with van der Waals surface area (Å²) >= 11 is 5.88. The van der Waals surface area contributed by atoms with Crippen molar-refractivity contribution < 1.29 is 13.9 Å². The minimum atomic E-state index is -0.460. The van der Waals surface area contributed by atoms with Crippen molar-refractivity contribution in [2.45, 2.75) is 13.2 Å². The molecule has 0 amide bonds. The van der Waals surface area contributed by atoms with Crippen molar-refractivity contribution in [3.8, 4) is 11.5 Å². The number of hydrogen-bond acceptors (Lipinski definition) is 3. The Morgan fingerprint density at radius 3 is 2.70 bits per heavy atom. The lowest BCUT2D eigenvalue weighted by Gasteiger charge is -2.12. The predicted octanol–water partition coefficient (Wildman–Crippen LogP) is 3.53. The van der Waals surface area contributed by atoms with E-state index < -0.39 is 5.82 Å². The van der Waals surface area contributed by atoms with E-state index in [4.69, 9.17) is 26.8 Å². The second-order valence-electron chi connectivity index (χ2n) is 4.19. The van der Waals surface area contributed by atoms with Crippen LogP contribution in [0.3, 0.4) is 0 Å². The molecule has 5 heteroatoms. The molecule has 0 heterocycles. The highest BCUT2D eigenvalue weighted by Crippen LogP contribution is 2.29. The van der Waals surface area contributed by atoms with Gasteiger partial charge in [-0.2, -0.15) is 0 Å². The molecule has 0 atom stereocenters. The van der Waals surface area contributed by atoms with Crippen LogP contribution in [0.4, 0.5) is 4.39 Å². The van der Waals surface area contributed by atoms with Gasteiger partial charge in [-0.1, -0.05) is 29.8 Å². The zero-order valence-corrected chi connectivity index (χ0v) is 11.8. The van der Waals surface area contributed by atoms with Crippen LogP contribution in [0.5, 0.6) is 11.5 Å². The van der Waals surface area contributed by atoms with Crippen molar-refractivity contribution in [3.63, 3.8) is 0 Å². The maximum Gasteiger partial charge on any atom is 0.161 e. The zero-order valence-electron chi connectivity index (χ0n) is 11.0. The predicted molar refractivity (Wildman–Crippen MR) is 76.6 cm³/mol. The molecule has 0 fully saturated rings. The molecular formula is C15H15ClFNO2. The first kappa shape index (κ1) is 14.6. The molecule has 2 aromatic carbocycles. The van der Waals surface area contributed by atoms with Gasteiger partial charge in [0.2, 0.25) is 0 Å². The van der Waals surface area contributed by atoms with E-state index in [1.165, 1.54) is 6.07 Å². The van der Waals surface area contributed by atoms with E-state index in [9.17, 15) is 4.39 Å². The van der Waals surface area contributed by atoms with E-state index in [2.05, 4.69) is 0 Å². The summed E-state index contributed by atoms with van der Waals surface area (Å²) in [6.07, 6.45) is 0. The first-order valence-corrected chi connectivity index (χ1v) is 6.46. The third kappa shape index (κ3) is 3.21. The Kier molecular flexibility index (Phi) is 4.82. The van der Waals surface area contributed by atoms with Crippen molar-refractivity contribution in [1.82, 2.24) is 0 Å². The normalized spacial score (nSPS) is 10.4. The molecule has 2 rings (SSSR count). The number of benzene rings is 2. The number of hydrogen-bond donors (Lipinski definition) is 1. The third-order valence-corrected chi connectivity index (χ3v) is 3.30. The lowest BCUT2D eigenvalue weighted by atomic mass is 10.2. The molecule has 2 N–H and O–H groups in total. The summed E-state index contributed by atoms with van der Waals surface area (Å²) in [5.74, 6) is 0.684. The summed E-state index contributed by atoms with van der Waals surface area (Å²) in [7, 11) is 1.55. The van der Waals surface area contributed by atoms with Gasteiger partial charge < -0.3 is 15.2 Å². The average molecular weight is 296 g/mol. The topological polar surface area (TPSA) is 44.5 Å². The van der Waals surface area contributed by atoms with Gasteiger partial charge in [0.15, 0.2) is 11.5 Å². The Hall–Kier alpha value is -1.78. The molecule has 0 spiro atoms. The van der Waals surface area contributed by atoms with Crippen LogP contribution in [0.25, 0.3) is 0 Å². The molecule has 106 valence electrons. The van der Waals surface area contributed by atoms with Gasteiger partial charge in [-0.3, -0.25) is 0 Å². The number of methoxy groups -OCH3 is 1. The molecule has 20 heavy (non-hydrogen) atoms. The molecule has 0 saturated carbocycles. The summed E-state index contributed by atoms with van der Waals surface area (Å²) in [4.78, 5) is 0. The summed E-state index contributed by atoms with van der Waals surface area (Å²) in [6.45, 7) is 0.585. The van der Waals surface area contributed by atoms with Crippen LogP contribution in [0.1, 0.15) is 11.1 Å². The van der Waals surface area contributed by atoms with Crippen LogP contribution in [0.15, 0.2) is 36.4 Å². The van der Waals surface area contributed by atoms with Gasteiger partial charge in [-0.25, -0.2) is 4.39 Å². The Bertz CT molecular complexity index is 604. The van der Waals surface area contributed by atoms with E-state index >= 15 is 0 Å². The number of halogens is 2. The van der Waals surface area contributed by atoms with Gasteiger partial charge in [-0.15, -0.1) is 0 Å². The largest absolute Gasteiger partial charge is 0.493 e. The second kappa shape index (κ2) is 6.59. The van der Waals surface area contributed by atoms with Crippen molar-refractivity contribution in [3.05, 3.63) is 58.4 Å². The molecular weight excluding hydrogens is 281 g/mol. The van der Waals surface area contributed by atoms with Gasteiger partial charge in [-0.05, 0) is 23.8 Å². The molecule has 0 aliphatic heterocycles. The molecule has 3 nitrogen and oxygen atoms in total. The first-order valence-electron chi connectivity index (χ1n) is 6.08. The third-order valence-electron chi connectivity index (χ3n) is 2.88. The Morgan fingerprint density at radius 1 is 1.20 bits per heavy atom. The molecule has 0 bridgehead atoms. The van der Waals surface area contributed by atoms with Crippen molar-refractivity contribution in [2.24, 2.45) is 5.73 Å². The minimum absolute atomic E-state index is 0.0741. The van der Waals surface area contributed by atoms with Crippen molar-refractivity contribution in [2.75, 3.05) is 7.11 Å². The second-order valence-corrected chi connectivity index (χ2v) is 4.57. The van der Waals surface area contributed by atoms with Crippen LogP contribution >= 0.6 is 11.6 Å². The lowest BCUT2D eigenvalue weighted by molar-refractivity contribution is 0.284. The molecule has 0 saturated heterocycles. The SMILES string of the molecule is COc1cc(CN)ccc1OCc1cccc(F)c1Cl. The van der Waals surface area contributed by atoms with Crippen LogP contribution < -0.4 is 15.2 Å². The average Bonchev–Trinajstić information content (AvgIpc) is 2.48. The van der Waals surface area contributed by atoms with Gasteiger partial charge in [0.05, 0.1) is 12.1 Å². The lowest BCUT2D eigenvalue weighted by Crippen LogP contribution is -2.01. The van der Waals surface area contributed by atoms with Gasteiger partial charge in [0, 0.05) is 12.1 Å². The quantitative estimate of drug-likeness (QED) is 0.918. The Morgan fingerprint density at radius 2 is 2.00 bits per heavy atom. The Labute approximate surface area is 122 Å². The standard InChI is InChI=1S/C15H15ClFNO2/c1-19-14-7-10(8-18)5-6-13(14)20-9-11-3-2-4-12(17)15(11)16/h2-7H,8-9,18H2,1H3. The molecule has 0 aliphatic carbocycles. The molecule has 0 aromatic heterocycles. The summed E-state index contributed by atoms with van der Waals surface area (Å²) in [6, 6.07) is 10.0. The zero-order chi connectivity index (χ0) is 14.5. The highest BCUT2D eigenvalue weighted by molar-refractivity contribution is 6.31. The minimum Gasteiger partial charge on any atom is -0.493 e. The van der Waals surface area contributed by atoms with Gasteiger partial charge in [0.1, 0.15) is 12.4 Å². The highest BCUT2D eigenvalue weighted by Gasteiger charge is 2.09. The fourth-order valence-electron chi connectivity index (χ4n) is 1.77. The van der Waals surface area contributed by atoms with Crippen molar-refractivity contribution in [1.29, 1.82) is 0 Å². The number of ether oxygens (including phenoxy) is 2. The fourth-order valence-corrected chi connectivity index (χ4v) is 1.95. The van der Waals surface area contributed by atoms with Crippen molar-refractivity contribution >= 4 is 11.6 Å².